The zero-order valence-corrected chi connectivity index (χ0v) is 11.2. The minimum Gasteiger partial charge on any atom is -0.341 e. The molecule has 3 nitrogen and oxygen atoms in total. The Bertz CT molecular complexity index is 402. The van der Waals surface area contributed by atoms with Gasteiger partial charge in [0.25, 0.3) is 0 Å². The number of hydrogen-bond acceptors (Lipinski definition) is 2. The van der Waals surface area contributed by atoms with E-state index in [2.05, 4.69) is 24.3 Å². The zero-order valence-electron chi connectivity index (χ0n) is 11.2. The summed E-state index contributed by atoms with van der Waals surface area (Å²) in [4.78, 5) is 14.1. The summed E-state index contributed by atoms with van der Waals surface area (Å²) in [5, 5.41) is 0. The molecule has 1 amide bonds. The quantitative estimate of drug-likeness (QED) is 0.886. The first-order valence-electron chi connectivity index (χ1n) is 6.69. The molecular formula is C15H22N2O. The summed E-state index contributed by atoms with van der Waals surface area (Å²) in [6.45, 7) is 5.63. The van der Waals surface area contributed by atoms with Crippen LogP contribution in [0.4, 0.5) is 0 Å². The van der Waals surface area contributed by atoms with Gasteiger partial charge in [-0.1, -0.05) is 44.2 Å². The van der Waals surface area contributed by atoms with E-state index in [1.165, 1.54) is 5.56 Å². The van der Waals surface area contributed by atoms with Crippen LogP contribution in [0.5, 0.6) is 0 Å². The fourth-order valence-corrected chi connectivity index (χ4v) is 2.45. The number of rotatable bonds is 3. The highest BCUT2D eigenvalue weighted by atomic mass is 16.2. The van der Waals surface area contributed by atoms with Gasteiger partial charge in [-0.05, 0) is 17.9 Å². The summed E-state index contributed by atoms with van der Waals surface area (Å²) >= 11 is 0. The zero-order chi connectivity index (χ0) is 13.1. The van der Waals surface area contributed by atoms with E-state index in [1.807, 2.05) is 24.8 Å². The highest BCUT2D eigenvalue weighted by Gasteiger charge is 2.30. The Morgan fingerprint density at radius 2 is 2.00 bits per heavy atom. The maximum atomic E-state index is 12.2. The van der Waals surface area contributed by atoms with Gasteiger partial charge in [-0.2, -0.15) is 0 Å². The summed E-state index contributed by atoms with van der Waals surface area (Å²) in [5.74, 6) is 0.770. The predicted octanol–water partition coefficient (Wildman–Crippen LogP) is 1.99. The van der Waals surface area contributed by atoms with Crippen molar-refractivity contribution in [3.8, 4) is 0 Å². The number of hydrogen-bond donors (Lipinski definition) is 1. The van der Waals surface area contributed by atoms with E-state index < -0.39 is 0 Å². The van der Waals surface area contributed by atoms with Crippen LogP contribution in [0, 0.1) is 5.92 Å². The third-order valence-corrected chi connectivity index (χ3v) is 3.77. The molecule has 2 N–H and O–H groups in total. The smallest absolute Gasteiger partial charge is 0.239 e. The molecule has 18 heavy (non-hydrogen) atoms. The third kappa shape index (κ3) is 2.72. The molecule has 0 saturated carbocycles. The van der Waals surface area contributed by atoms with Crippen molar-refractivity contribution in [3.63, 3.8) is 0 Å². The number of carbonyl (C=O) groups is 1. The molecule has 98 valence electrons. The second-order valence-electron chi connectivity index (χ2n) is 5.45. The lowest BCUT2D eigenvalue weighted by atomic mass is 9.99. The molecule has 0 aromatic heterocycles. The highest BCUT2D eigenvalue weighted by Crippen LogP contribution is 2.27. The Kier molecular flexibility index (Phi) is 4.02. The Balaban J connectivity index is 1.99. The van der Waals surface area contributed by atoms with Crippen molar-refractivity contribution in [2.75, 3.05) is 13.1 Å². The number of carbonyl (C=O) groups excluding carboxylic acids is 1. The Morgan fingerprint density at radius 1 is 1.33 bits per heavy atom. The van der Waals surface area contributed by atoms with Crippen molar-refractivity contribution >= 4 is 5.91 Å². The molecule has 0 aliphatic carbocycles. The van der Waals surface area contributed by atoms with Crippen LogP contribution in [0.1, 0.15) is 31.7 Å². The largest absolute Gasteiger partial charge is 0.341 e. The topological polar surface area (TPSA) is 46.3 Å². The Hall–Kier alpha value is -1.35. The van der Waals surface area contributed by atoms with Crippen LogP contribution >= 0.6 is 0 Å². The van der Waals surface area contributed by atoms with Crippen LogP contribution in [0.2, 0.25) is 0 Å². The molecule has 1 unspecified atom stereocenters. The predicted molar refractivity (Wildman–Crippen MR) is 73.2 cm³/mol. The Morgan fingerprint density at radius 3 is 2.61 bits per heavy atom. The molecule has 0 radical (unpaired) electrons. The van der Waals surface area contributed by atoms with Crippen LogP contribution < -0.4 is 5.73 Å². The second kappa shape index (κ2) is 5.53. The maximum absolute atomic E-state index is 12.2. The van der Waals surface area contributed by atoms with Crippen molar-refractivity contribution in [1.29, 1.82) is 0 Å². The van der Waals surface area contributed by atoms with Gasteiger partial charge in [0.2, 0.25) is 5.91 Å². The minimum absolute atomic E-state index is 0.100. The average Bonchev–Trinajstić information content (AvgIpc) is 2.87. The van der Waals surface area contributed by atoms with Gasteiger partial charge in [-0.3, -0.25) is 4.79 Å². The first-order chi connectivity index (χ1) is 8.59. The number of nitrogens with zero attached hydrogens (tertiary/aromatic N) is 1. The molecule has 0 bridgehead atoms. The minimum atomic E-state index is -0.362. The molecule has 1 heterocycles. The SMILES string of the molecule is CC(C)[C@H](N)C(=O)N1CCC(c2ccccc2)C1. The summed E-state index contributed by atoms with van der Waals surface area (Å²) in [5.41, 5.74) is 7.26. The van der Waals surface area contributed by atoms with Gasteiger partial charge in [-0.25, -0.2) is 0 Å². The summed E-state index contributed by atoms with van der Waals surface area (Å²) in [6.07, 6.45) is 1.04. The highest BCUT2D eigenvalue weighted by molar-refractivity contribution is 5.82. The van der Waals surface area contributed by atoms with Gasteiger partial charge in [0.1, 0.15) is 0 Å². The monoisotopic (exact) mass is 246 g/mol. The van der Waals surface area contributed by atoms with Gasteiger partial charge < -0.3 is 10.6 Å². The van der Waals surface area contributed by atoms with Crippen molar-refractivity contribution in [2.45, 2.75) is 32.2 Å². The fourth-order valence-electron chi connectivity index (χ4n) is 2.45. The van der Waals surface area contributed by atoms with E-state index in [1.54, 1.807) is 0 Å². The fraction of sp³-hybridized carbons (Fsp3) is 0.533. The molecule has 0 spiro atoms. The van der Waals surface area contributed by atoms with Gasteiger partial charge in [0.05, 0.1) is 6.04 Å². The van der Waals surface area contributed by atoms with E-state index >= 15 is 0 Å². The van der Waals surface area contributed by atoms with Gasteiger partial charge in [0, 0.05) is 19.0 Å². The van der Waals surface area contributed by atoms with Gasteiger partial charge in [0.15, 0.2) is 0 Å². The summed E-state index contributed by atoms with van der Waals surface area (Å²) in [6, 6.07) is 10.1. The van der Waals surface area contributed by atoms with Crippen LogP contribution in [0.25, 0.3) is 0 Å². The molecule has 1 saturated heterocycles. The third-order valence-electron chi connectivity index (χ3n) is 3.77. The lowest BCUT2D eigenvalue weighted by Gasteiger charge is -2.23. The van der Waals surface area contributed by atoms with E-state index in [9.17, 15) is 4.79 Å². The molecular weight excluding hydrogens is 224 g/mol. The van der Waals surface area contributed by atoms with Crippen molar-refractivity contribution in [1.82, 2.24) is 4.90 Å². The first kappa shape index (κ1) is 13.1. The molecule has 3 heteroatoms. The normalized spacial score (nSPS) is 21.3. The van der Waals surface area contributed by atoms with Crippen LogP contribution in [0.3, 0.4) is 0 Å². The van der Waals surface area contributed by atoms with E-state index in [0.717, 1.165) is 19.5 Å². The maximum Gasteiger partial charge on any atom is 0.239 e. The van der Waals surface area contributed by atoms with Crippen molar-refractivity contribution < 1.29 is 4.79 Å². The molecule has 2 rings (SSSR count). The van der Waals surface area contributed by atoms with Crippen LogP contribution in [-0.4, -0.2) is 29.9 Å². The molecule has 1 aromatic rings. The van der Waals surface area contributed by atoms with E-state index in [0.29, 0.717) is 5.92 Å². The van der Waals surface area contributed by atoms with Crippen molar-refractivity contribution in [2.24, 2.45) is 11.7 Å². The lowest BCUT2D eigenvalue weighted by molar-refractivity contribution is -0.132. The van der Waals surface area contributed by atoms with Gasteiger partial charge in [-0.15, -0.1) is 0 Å². The first-order valence-corrected chi connectivity index (χ1v) is 6.69. The second-order valence-corrected chi connectivity index (χ2v) is 5.45. The van der Waals surface area contributed by atoms with Gasteiger partial charge >= 0.3 is 0 Å². The van der Waals surface area contributed by atoms with Crippen LogP contribution in [-0.2, 0) is 4.79 Å². The summed E-state index contributed by atoms with van der Waals surface area (Å²) < 4.78 is 0. The number of benzene rings is 1. The molecule has 1 fully saturated rings. The molecule has 1 aliphatic rings. The molecule has 2 atom stereocenters. The average molecular weight is 246 g/mol. The standard InChI is InChI=1S/C15H22N2O/c1-11(2)14(16)15(18)17-9-8-13(10-17)12-6-4-3-5-7-12/h3-7,11,13-14H,8-10,16H2,1-2H3/t13?,14-/m0/s1. The van der Waals surface area contributed by atoms with E-state index in [4.69, 9.17) is 5.73 Å². The number of nitrogens with two attached hydrogens (primary N) is 1. The molecule has 1 aliphatic heterocycles. The lowest BCUT2D eigenvalue weighted by Crippen LogP contribution is -2.45. The Labute approximate surface area is 109 Å². The van der Waals surface area contributed by atoms with Crippen molar-refractivity contribution in [3.05, 3.63) is 35.9 Å². The number of amides is 1. The van der Waals surface area contributed by atoms with Crippen LogP contribution in [0.15, 0.2) is 30.3 Å². The van der Waals surface area contributed by atoms with E-state index in [-0.39, 0.29) is 17.9 Å². The summed E-state index contributed by atoms with van der Waals surface area (Å²) in [7, 11) is 0. The number of likely N-dealkylation sites (tertiary alicyclic amines) is 1. The molecule has 1 aromatic carbocycles.